The van der Waals surface area contributed by atoms with Crippen molar-refractivity contribution in [2.45, 2.75) is 50.9 Å². The number of ketones is 1. The van der Waals surface area contributed by atoms with Crippen LogP contribution in [0.25, 0.3) is 0 Å². The lowest BCUT2D eigenvalue weighted by Crippen LogP contribution is -2.32. The van der Waals surface area contributed by atoms with Crippen molar-refractivity contribution in [2.24, 2.45) is 7.05 Å². The minimum absolute atomic E-state index is 0.110. The van der Waals surface area contributed by atoms with Gasteiger partial charge in [0.25, 0.3) is 0 Å². The van der Waals surface area contributed by atoms with Crippen molar-refractivity contribution < 1.29 is 4.79 Å². The zero-order chi connectivity index (χ0) is 15.6. The van der Waals surface area contributed by atoms with Crippen molar-refractivity contribution >= 4 is 5.78 Å². The van der Waals surface area contributed by atoms with Gasteiger partial charge in [-0.25, -0.2) is 0 Å². The predicted molar refractivity (Wildman–Crippen MR) is 85.7 cm³/mol. The van der Waals surface area contributed by atoms with Gasteiger partial charge in [0.2, 0.25) is 0 Å². The van der Waals surface area contributed by atoms with Gasteiger partial charge >= 0.3 is 0 Å². The second-order valence-electron chi connectivity index (χ2n) is 6.43. The third-order valence-electron chi connectivity index (χ3n) is 5.19. The lowest BCUT2D eigenvalue weighted by atomic mass is 9.66. The van der Waals surface area contributed by atoms with Crippen LogP contribution in [0.3, 0.4) is 0 Å². The van der Waals surface area contributed by atoms with Crippen LogP contribution in [0.15, 0.2) is 30.3 Å². The highest BCUT2D eigenvalue weighted by Crippen LogP contribution is 2.42. The molecule has 0 unspecified atom stereocenters. The van der Waals surface area contributed by atoms with E-state index in [1.807, 2.05) is 11.7 Å². The summed E-state index contributed by atoms with van der Waals surface area (Å²) in [6, 6.07) is 10.7. The van der Waals surface area contributed by atoms with Crippen LogP contribution in [-0.4, -0.2) is 20.8 Å². The topological polar surface area (TPSA) is 47.8 Å². The minimum atomic E-state index is 0.110. The molecular formula is C18H23N3O. The smallest absolute Gasteiger partial charge is 0.132 e. The van der Waals surface area contributed by atoms with E-state index < -0.39 is 0 Å². The van der Waals surface area contributed by atoms with Gasteiger partial charge in [-0.15, -0.1) is 5.10 Å². The quantitative estimate of drug-likeness (QED) is 0.871. The zero-order valence-corrected chi connectivity index (χ0v) is 13.4. The third-order valence-corrected chi connectivity index (χ3v) is 5.19. The first-order chi connectivity index (χ1) is 10.6. The number of hydrogen-bond donors (Lipinski definition) is 0. The molecule has 0 atom stereocenters. The summed E-state index contributed by atoms with van der Waals surface area (Å²) >= 11 is 0. The number of rotatable bonds is 4. The fraction of sp³-hybridized carbons (Fsp3) is 0.500. The zero-order valence-electron chi connectivity index (χ0n) is 13.4. The maximum absolute atomic E-state index is 11.7. The van der Waals surface area contributed by atoms with E-state index in [-0.39, 0.29) is 5.41 Å². The first-order valence-electron chi connectivity index (χ1n) is 8.03. The van der Waals surface area contributed by atoms with Crippen LogP contribution in [0, 0.1) is 6.92 Å². The summed E-state index contributed by atoms with van der Waals surface area (Å²) in [5, 5.41) is 8.39. The van der Waals surface area contributed by atoms with Crippen LogP contribution in [0.5, 0.6) is 0 Å². The van der Waals surface area contributed by atoms with Gasteiger partial charge in [-0.1, -0.05) is 35.5 Å². The van der Waals surface area contributed by atoms with Crippen LogP contribution in [-0.2, 0) is 23.7 Å². The maximum Gasteiger partial charge on any atom is 0.132 e. The monoisotopic (exact) mass is 297 g/mol. The number of hydrogen-bond acceptors (Lipinski definition) is 3. The van der Waals surface area contributed by atoms with Gasteiger partial charge in [0, 0.05) is 19.9 Å². The highest BCUT2D eigenvalue weighted by molar-refractivity contribution is 5.79. The molecule has 1 aromatic heterocycles. The van der Waals surface area contributed by atoms with E-state index in [0.29, 0.717) is 18.6 Å². The molecule has 0 N–H and O–H groups in total. The van der Waals surface area contributed by atoms with Gasteiger partial charge in [0.1, 0.15) is 5.78 Å². The standard InChI is InChI=1S/C18H23N3O/c1-14-17(19-20-21(14)2)10-13-18(11-8-16(22)9-12-18)15-6-4-3-5-7-15/h3-7H,8-13H2,1-2H3. The number of aryl methyl sites for hydroxylation is 2. The molecule has 4 heteroatoms. The van der Waals surface area contributed by atoms with E-state index in [4.69, 9.17) is 0 Å². The summed E-state index contributed by atoms with van der Waals surface area (Å²) < 4.78 is 1.83. The number of nitrogens with zero attached hydrogens (tertiary/aromatic N) is 3. The van der Waals surface area contributed by atoms with Crippen molar-refractivity contribution in [3.05, 3.63) is 47.3 Å². The molecule has 116 valence electrons. The first kappa shape index (κ1) is 14.9. The van der Waals surface area contributed by atoms with Crippen molar-refractivity contribution in [1.29, 1.82) is 0 Å². The van der Waals surface area contributed by atoms with Crippen molar-refractivity contribution in [2.75, 3.05) is 0 Å². The van der Waals surface area contributed by atoms with E-state index in [9.17, 15) is 4.79 Å². The Kier molecular flexibility index (Phi) is 4.10. The number of aromatic nitrogens is 3. The second-order valence-corrected chi connectivity index (χ2v) is 6.43. The van der Waals surface area contributed by atoms with E-state index in [0.717, 1.165) is 37.1 Å². The number of carbonyl (C=O) groups excluding carboxylic acids is 1. The average molecular weight is 297 g/mol. The molecule has 0 aliphatic heterocycles. The van der Waals surface area contributed by atoms with Crippen molar-refractivity contribution in [3.63, 3.8) is 0 Å². The molecule has 1 aliphatic carbocycles. The molecule has 0 saturated heterocycles. The third kappa shape index (κ3) is 2.82. The molecular weight excluding hydrogens is 274 g/mol. The van der Waals surface area contributed by atoms with Crippen LogP contribution in [0.4, 0.5) is 0 Å². The van der Waals surface area contributed by atoms with Crippen molar-refractivity contribution in [3.8, 4) is 0 Å². The fourth-order valence-corrected chi connectivity index (χ4v) is 3.52. The van der Waals surface area contributed by atoms with Crippen LogP contribution in [0.2, 0.25) is 0 Å². The molecule has 1 aromatic carbocycles. The Morgan fingerprint density at radius 1 is 1.18 bits per heavy atom. The van der Waals surface area contributed by atoms with Gasteiger partial charge in [0.05, 0.1) is 11.4 Å². The molecule has 1 saturated carbocycles. The second kappa shape index (κ2) is 6.03. The first-order valence-corrected chi connectivity index (χ1v) is 8.03. The predicted octanol–water partition coefficient (Wildman–Crippen LogP) is 3.14. The summed E-state index contributed by atoms with van der Waals surface area (Å²) in [5.74, 6) is 0.405. The fourth-order valence-electron chi connectivity index (χ4n) is 3.52. The molecule has 1 aliphatic rings. The summed E-state index contributed by atoms with van der Waals surface area (Å²) in [4.78, 5) is 11.7. The summed E-state index contributed by atoms with van der Waals surface area (Å²) in [5.41, 5.74) is 3.69. The Bertz CT molecular complexity index is 650. The molecule has 0 bridgehead atoms. The number of carbonyl (C=O) groups is 1. The van der Waals surface area contributed by atoms with E-state index in [1.54, 1.807) is 0 Å². The molecule has 2 aromatic rings. The number of benzene rings is 1. The van der Waals surface area contributed by atoms with Crippen molar-refractivity contribution in [1.82, 2.24) is 15.0 Å². The highest BCUT2D eigenvalue weighted by Gasteiger charge is 2.36. The normalized spacial score (nSPS) is 17.6. The van der Waals surface area contributed by atoms with Crippen LogP contribution in [0.1, 0.15) is 49.1 Å². The number of Topliss-reactive ketones (excluding diaryl/α,β-unsaturated/α-hetero) is 1. The van der Waals surface area contributed by atoms with Crippen LogP contribution < -0.4 is 0 Å². The van der Waals surface area contributed by atoms with Gasteiger partial charge in [-0.3, -0.25) is 9.48 Å². The molecule has 3 rings (SSSR count). The summed E-state index contributed by atoms with van der Waals surface area (Å²) in [7, 11) is 1.93. The maximum atomic E-state index is 11.7. The lowest BCUT2D eigenvalue weighted by molar-refractivity contribution is -0.121. The lowest BCUT2D eigenvalue weighted by Gasteiger charge is -2.37. The van der Waals surface area contributed by atoms with Gasteiger partial charge in [-0.2, -0.15) is 0 Å². The molecule has 0 amide bonds. The molecule has 1 heterocycles. The Labute approximate surface area is 131 Å². The Balaban J connectivity index is 1.83. The van der Waals surface area contributed by atoms with E-state index in [2.05, 4.69) is 47.6 Å². The summed E-state index contributed by atoms with van der Waals surface area (Å²) in [6.07, 6.45) is 5.26. The minimum Gasteiger partial charge on any atom is -0.300 e. The molecule has 22 heavy (non-hydrogen) atoms. The molecule has 1 fully saturated rings. The molecule has 4 nitrogen and oxygen atoms in total. The highest BCUT2D eigenvalue weighted by atomic mass is 16.1. The SMILES string of the molecule is Cc1c(CCC2(c3ccccc3)CCC(=O)CC2)nnn1C. The Morgan fingerprint density at radius 2 is 1.86 bits per heavy atom. The van der Waals surface area contributed by atoms with Gasteiger partial charge in [0.15, 0.2) is 0 Å². The van der Waals surface area contributed by atoms with Gasteiger partial charge < -0.3 is 0 Å². The Morgan fingerprint density at radius 3 is 2.45 bits per heavy atom. The average Bonchev–Trinajstić information content (AvgIpc) is 2.87. The molecule has 0 spiro atoms. The van der Waals surface area contributed by atoms with Gasteiger partial charge in [-0.05, 0) is 43.6 Å². The van der Waals surface area contributed by atoms with E-state index in [1.165, 1.54) is 5.56 Å². The van der Waals surface area contributed by atoms with E-state index >= 15 is 0 Å². The molecule has 0 radical (unpaired) electrons. The largest absolute Gasteiger partial charge is 0.300 e. The van der Waals surface area contributed by atoms with Crippen LogP contribution >= 0.6 is 0 Å². The summed E-state index contributed by atoms with van der Waals surface area (Å²) in [6.45, 7) is 2.06. The Hall–Kier alpha value is -1.97.